The van der Waals surface area contributed by atoms with Crippen LogP contribution in [-0.4, -0.2) is 27.2 Å². The summed E-state index contributed by atoms with van der Waals surface area (Å²) in [5.74, 6) is -1.58. The number of hydrogen-bond donors (Lipinski definition) is 0. The summed E-state index contributed by atoms with van der Waals surface area (Å²) < 4.78 is 45.4. The largest absolute Gasteiger partial charge is 0.494 e. The lowest BCUT2D eigenvalue weighted by Gasteiger charge is -2.24. The van der Waals surface area contributed by atoms with Crippen LogP contribution in [0.4, 0.5) is 10.1 Å². The molecule has 0 saturated heterocycles. The van der Waals surface area contributed by atoms with Gasteiger partial charge in [0.15, 0.2) is 11.6 Å². The number of sulfonamides is 1. The normalized spacial score (nSPS) is 11.4. The Bertz CT molecular complexity index is 963. The van der Waals surface area contributed by atoms with Crippen LogP contribution in [0.1, 0.15) is 35.6 Å². The molecule has 1 amide bonds. The fourth-order valence-electron chi connectivity index (χ4n) is 3.30. The number of carbonyl (C=O) groups excluding carboxylic acids is 1. The van der Waals surface area contributed by atoms with E-state index in [1.807, 2.05) is 32.9 Å². The number of methoxy groups -OCH3 is 1. The van der Waals surface area contributed by atoms with Crippen LogP contribution < -0.4 is 9.04 Å². The van der Waals surface area contributed by atoms with Crippen LogP contribution in [0.2, 0.25) is 0 Å². The molecule has 0 saturated carbocycles. The van der Waals surface area contributed by atoms with E-state index in [0.29, 0.717) is 6.42 Å². The number of aryl methyl sites for hydroxylation is 3. The molecule has 0 aliphatic heterocycles. The van der Waals surface area contributed by atoms with Crippen LogP contribution in [0, 0.1) is 26.6 Å². The summed E-state index contributed by atoms with van der Waals surface area (Å²) in [6.07, 6.45) is 0.252. The third kappa shape index (κ3) is 4.70. The summed E-state index contributed by atoms with van der Waals surface area (Å²) in [7, 11) is -2.62. The van der Waals surface area contributed by atoms with Crippen molar-refractivity contribution < 1.29 is 22.3 Å². The van der Waals surface area contributed by atoms with Gasteiger partial charge in [0.1, 0.15) is 0 Å². The SMILES string of the molecule is CCCS(=O)(=O)N(C(=O)Cc1c(C)cc(C)cc1C)c1ccc(OC)c(F)c1. The summed E-state index contributed by atoms with van der Waals surface area (Å²) in [6, 6.07) is 7.61. The second kappa shape index (κ2) is 8.73. The highest BCUT2D eigenvalue weighted by Gasteiger charge is 2.30. The molecule has 0 fully saturated rings. The number of nitrogens with zero attached hydrogens (tertiary/aromatic N) is 1. The summed E-state index contributed by atoms with van der Waals surface area (Å²) in [6.45, 7) is 7.45. The van der Waals surface area contributed by atoms with E-state index in [9.17, 15) is 17.6 Å². The predicted molar refractivity (Wildman–Crippen MR) is 109 cm³/mol. The third-order valence-electron chi connectivity index (χ3n) is 4.51. The lowest BCUT2D eigenvalue weighted by molar-refractivity contribution is -0.116. The van der Waals surface area contributed by atoms with Gasteiger partial charge in [-0.2, -0.15) is 0 Å². The van der Waals surface area contributed by atoms with E-state index in [1.165, 1.54) is 19.2 Å². The minimum Gasteiger partial charge on any atom is -0.494 e. The Labute approximate surface area is 166 Å². The zero-order chi connectivity index (χ0) is 21.1. The van der Waals surface area contributed by atoms with E-state index in [0.717, 1.165) is 32.6 Å². The Balaban J connectivity index is 2.51. The smallest absolute Gasteiger partial charge is 0.245 e. The van der Waals surface area contributed by atoms with E-state index >= 15 is 0 Å². The molecule has 2 aromatic rings. The highest BCUT2D eigenvalue weighted by Crippen LogP contribution is 2.27. The fraction of sp³-hybridized carbons (Fsp3) is 0.381. The standard InChI is InChI=1S/C21H26FNO4S/c1-6-9-28(25,26)23(17-7-8-20(27-5)19(22)12-17)21(24)13-18-15(3)10-14(2)11-16(18)4/h7-8,10-12H,6,9,13H2,1-5H3. The van der Waals surface area contributed by atoms with Gasteiger partial charge < -0.3 is 4.74 Å². The second-order valence-corrected chi connectivity index (χ2v) is 8.78. The van der Waals surface area contributed by atoms with Crippen LogP contribution in [0.5, 0.6) is 5.75 Å². The van der Waals surface area contributed by atoms with Gasteiger partial charge in [-0.25, -0.2) is 17.1 Å². The molecule has 152 valence electrons. The number of halogens is 1. The van der Waals surface area contributed by atoms with Gasteiger partial charge in [-0.15, -0.1) is 0 Å². The van der Waals surface area contributed by atoms with Gasteiger partial charge in [-0.05, 0) is 56.0 Å². The van der Waals surface area contributed by atoms with Crippen molar-refractivity contribution in [3.63, 3.8) is 0 Å². The molecule has 2 rings (SSSR count). The first-order valence-corrected chi connectivity index (χ1v) is 10.7. The highest BCUT2D eigenvalue weighted by molar-refractivity contribution is 7.93. The second-order valence-electron chi connectivity index (χ2n) is 6.85. The molecule has 0 heterocycles. The maximum atomic E-state index is 14.2. The number of amides is 1. The first kappa shape index (κ1) is 21.9. The van der Waals surface area contributed by atoms with Crippen LogP contribution >= 0.6 is 0 Å². The van der Waals surface area contributed by atoms with E-state index in [1.54, 1.807) is 6.92 Å². The molecule has 2 aromatic carbocycles. The Morgan fingerprint density at radius 2 is 1.71 bits per heavy atom. The molecule has 5 nitrogen and oxygen atoms in total. The van der Waals surface area contributed by atoms with Gasteiger partial charge in [0.05, 0.1) is 25.0 Å². The van der Waals surface area contributed by atoms with Gasteiger partial charge in [0, 0.05) is 6.07 Å². The lowest BCUT2D eigenvalue weighted by Crippen LogP contribution is -2.39. The molecule has 0 aromatic heterocycles. The quantitative estimate of drug-likeness (QED) is 0.694. The lowest BCUT2D eigenvalue weighted by atomic mass is 9.97. The molecule has 0 aliphatic carbocycles. The molecular formula is C21H26FNO4S. The number of ether oxygens (including phenoxy) is 1. The van der Waals surface area contributed by atoms with Gasteiger partial charge in [-0.1, -0.05) is 24.6 Å². The summed E-state index contributed by atoms with van der Waals surface area (Å²) >= 11 is 0. The minimum absolute atomic E-state index is 0.0192. The first-order chi connectivity index (χ1) is 13.1. The van der Waals surface area contributed by atoms with Gasteiger partial charge >= 0.3 is 0 Å². The molecule has 0 bridgehead atoms. The van der Waals surface area contributed by atoms with E-state index < -0.39 is 21.7 Å². The monoisotopic (exact) mass is 407 g/mol. The maximum absolute atomic E-state index is 14.2. The van der Waals surface area contributed by atoms with Crippen molar-refractivity contribution in [3.8, 4) is 5.75 Å². The van der Waals surface area contributed by atoms with Crippen molar-refractivity contribution in [3.05, 3.63) is 58.4 Å². The number of anilines is 1. The van der Waals surface area contributed by atoms with Crippen LogP contribution in [0.3, 0.4) is 0 Å². The number of rotatable bonds is 7. The molecule has 0 spiro atoms. The van der Waals surface area contributed by atoms with Crippen LogP contribution in [0.25, 0.3) is 0 Å². The van der Waals surface area contributed by atoms with E-state index in [-0.39, 0.29) is 23.6 Å². The predicted octanol–water partition coefficient (Wildman–Crippen LogP) is 4.08. The topological polar surface area (TPSA) is 63.7 Å². The van der Waals surface area contributed by atoms with E-state index in [4.69, 9.17) is 4.74 Å². The molecule has 28 heavy (non-hydrogen) atoms. The number of hydrogen-bond acceptors (Lipinski definition) is 4. The molecule has 0 radical (unpaired) electrons. The average molecular weight is 408 g/mol. The zero-order valence-corrected chi connectivity index (χ0v) is 17.7. The zero-order valence-electron chi connectivity index (χ0n) is 16.9. The first-order valence-electron chi connectivity index (χ1n) is 9.06. The Hall–Kier alpha value is -2.41. The molecular weight excluding hydrogens is 381 g/mol. The van der Waals surface area contributed by atoms with E-state index in [2.05, 4.69) is 0 Å². The fourth-order valence-corrected chi connectivity index (χ4v) is 4.81. The van der Waals surface area contributed by atoms with Gasteiger partial charge in [0.2, 0.25) is 15.9 Å². The Morgan fingerprint density at radius 3 is 2.21 bits per heavy atom. The Kier molecular flexibility index (Phi) is 6.82. The van der Waals surface area contributed by atoms with Crippen molar-refractivity contribution >= 4 is 21.6 Å². The summed E-state index contributed by atoms with van der Waals surface area (Å²) in [4.78, 5) is 13.1. The molecule has 0 unspecified atom stereocenters. The number of benzene rings is 2. The Morgan fingerprint density at radius 1 is 1.11 bits per heavy atom. The maximum Gasteiger partial charge on any atom is 0.245 e. The number of carbonyl (C=O) groups is 1. The highest BCUT2D eigenvalue weighted by atomic mass is 32.2. The third-order valence-corrected chi connectivity index (χ3v) is 6.40. The molecule has 0 aliphatic rings. The van der Waals surface area contributed by atoms with Gasteiger partial charge in [0.25, 0.3) is 0 Å². The average Bonchev–Trinajstić information content (AvgIpc) is 2.58. The molecule has 7 heteroatoms. The van der Waals surface area contributed by atoms with Crippen LogP contribution in [-0.2, 0) is 21.2 Å². The summed E-state index contributed by atoms with van der Waals surface area (Å²) in [5.41, 5.74) is 3.65. The van der Waals surface area contributed by atoms with Crippen molar-refractivity contribution in [1.82, 2.24) is 0 Å². The van der Waals surface area contributed by atoms with Crippen molar-refractivity contribution in [1.29, 1.82) is 0 Å². The van der Waals surface area contributed by atoms with Gasteiger partial charge in [-0.3, -0.25) is 4.79 Å². The minimum atomic E-state index is -3.94. The van der Waals surface area contributed by atoms with Crippen molar-refractivity contribution in [2.45, 2.75) is 40.5 Å². The molecule has 0 atom stereocenters. The molecule has 0 N–H and O–H groups in total. The van der Waals surface area contributed by atoms with Crippen molar-refractivity contribution in [2.24, 2.45) is 0 Å². The van der Waals surface area contributed by atoms with Crippen LogP contribution in [0.15, 0.2) is 30.3 Å². The van der Waals surface area contributed by atoms with Crippen molar-refractivity contribution in [2.75, 3.05) is 17.2 Å². The summed E-state index contributed by atoms with van der Waals surface area (Å²) in [5, 5.41) is 0.